The number of ether oxygens (including phenoxy) is 2. The summed E-state index contributed by atoms with van der Waals surface area (Å²) < 4.78 is 25.1. The third-order valence-electron chi connectivity index (χ3n) is 5.05. The molecule has 10 heteroatoms. The first-order valence-corrected chi connectivity index (χ1v) is 9.81. The Labute approximate surface area is 188 Å². The number of methoxy groups -OCH3 is 2. The Morgan fingerprint density at radius 2 is 1.82 bits per heavy atom. The molecule has 0 radical (unpaired) electrons. The summed E-state index contributed by atoms with van der Waals surface area (Å²) in [5.74, 6) is -0.863. The Hall–Kier alpha value is -4.47. The number of benzene rings is 2. The number of hydrogen-bond donors (Lipinski definition) is 1. The summed E-state index contributed by atoms with van der Waals surface area (Å²) >= 11 is 0. The monoisotopic (exact) mass is 449 g/mol. The molecule has 9 nitrogen and oxygen atoms in total. The SMILES string of the molecule is COC(=O)Nc1ccc(-c2cnc3cnc(C(=O)N(C)c4ccc(F)c(OC)c4)cn23)cc1. The Morgan fingerprint density at radius 1 is 1.06 bits per heavy atom. The van der Waals surface area contributed by atoms with E-state index in [1.165, 1.54) is 43.5 Å². The molecule has 1 N–H and O–H groups in total. The van der Waals surface area contributed by atoms with Crippen molar-refractivity contribution in [3.8, 4) is 17.0 Å². The fourth-order valence-electron chi connectivity index (χ4n) is 3.25. The Balaban J connectivity index is 1.64. The van der Waals surface area contributed by atoms with Gasteiger partial charge >= 0.3 is 6.09 Å². The summed E-state index contributed by atoms with van der Waals surface area (Å²) in [4.78, 5) is 34.4. The van der Waals surface area contributed by atoms with E-state index in [1.54, 1.807) is 36.0 Å². The van der Waals surface area contributed by atoms with Crippen LogP contribution < -0.4 is 15.0 Å². The van der Waals surface area contributed by atoms with Gasteiger partial charge < -0.3 is 14.4 Å². The normalized spacial score (nSPS) is 10.7. The van der Waals surface area contributed by atoms with Gasteiger partial charge in [-0.1, -0.05) is 12.1 Å². The van der Waals surface area contributed by atoms with Crippen molar-refractivity contribution in [3.05, 3.63) is 72.6 Å². The summed E-state index contributed by atoms with van der Waals surface area (Å²) in [5.41, 5.74) is 3.32. The van der Waals surface area contributed by atoms with E-state index < -0.39 is 11.9 Å². The molecule has 4 rings (SSSR count). The van der Waals surface area contributed by atoms with E-state index in [4.69, 9.17) is 4.74 Å². The van der Waals surface area contributed by atoms with E-state index in [9.17, 15) is 14.0 Å². The molecule has 0 fully saturated rings. The number of rotatable bonds is 5. The quantitative estimate of drug-likeness (QED) is 0.495. The summed E-state index contributed by atoms with van der Waals surface area (Å²) in [6, 6.07) is 11.3. The Kier molecular flexibility index (Phi) is 5.90. The van der Waals surface area contributed by atoms with E-state index in [0.717, 1.165) is 11.3 Å². The molecule has 0 aliphatic rings. The van der Waals surface area contributed by atoms with Gasteiger partial charge in [-0.2, -0.15) is 0 Å². The second-order valence-electron chi connectivity index (χ2n) is 7.02. The number of aromatic nitrogens is 3. The first-order valence-electron chi connectivity index (χ1n) is 9.81. The number of carbonyl (C=O) groups excluding carboxylic acids is 2. The van der Waals surface area contributed by atoms with Gasteiger partial charge in [0.15, 0.2) is 17.2 Å². The van der Waals surface area contributed by atoms with Crippen LogP contribution in [-0.4, -0.2) is 47.6 Å². The van der Waals surface area contributed by atoms with Gasteiger partial charge in [0.05, 0.1) is 32.3 Å². The maximum absolute atomic E-state index is 13.7. The summed E-state index contributed by atoms with van der Waals surface area (Å²) in [6.07, 6.45) is 4.21. The van der Waals surface area contributed by atoms with E-state index >= 15 is 0 Å². The average molecular weight is 449 g/mol. The van der Waals surface area contributed by atoms with Crippen LogP contribution in [0.25, 0.3) is 16.9 Å². The molecule has 0 unspecified atom stereocenters. The zero-order valence-electron chi connectivity index (χ0n) is 18.1. The van der Waals surface area contributed by atoms with E-state index in [-0.39, 0.29) is 17.4 Å². The highest BCUT2D eigenvalue weighted by Crippen LogP contribution is 2.26. The van der Waals surface area contributed by atoms with E-state index in [1.807, 2.05) is 12.1 Å². The van der Waals surface area contributed by atoms with Crippen molar-refractivity contribution in [1.82, 2.24) is 14.4 Å². The molecule has 0 saturated heterocycles. The number of amides is 2. The second kappa shape index (κ2) is 8.95. The highest BCUT2D eigenvalue weighted by atomic mass is 19.1. The Morgan fingerprint density at radius 3 is 2.52 bits per heavy atom. The zero-order chi connectivity index (χ0) is 23.5. The van der Waals surface area contributed by atoms with Crippen LogP contribution in [0, 0.1) is 5.82 Å². The van der Waals surface area contributed by atoms with Crippen LogP contribution in [0.4, 0.5) is 20.6 Å². The lowest BCUT2D eigenvalue weighted by Crippen LogP contribution is -2.27. The van der Waals surface area contributed by atoms with Crippen molar-refractivity contribution in [3.63, 3.8) is 0 Å². The number of imidazole rings is 1. The standard InChI is InChI=1S/C23H20FN5O4/c1-28(16-8-9-17(24)20(10-16)32-2)22(30)18-13-29-19(11-26-21(29)12-25-18)14-4-6-15(7-5-14)27-23(31)33-3/h4-13H,1-3H3,(H,27,31). The van der Waals surface area contributed by atoms with Crippen LogP contribution in [0.2, 0.25) is 0 Å². The van der Waals surface area contributed by atoms with Gasteiger partial charge in [0, 0.05) is 36.2 Å². The zero-order valence-corrected chi connectivity index (χ0v) is 18.1. The fraction of sp³-hybridized carbons (Fsp3) is 0.130. The van der Waals surface area contributed by atoms with Crippen molar-refractivity contribution in [1.29, 1.82) is 0 Å². The van der Waals surface area contributed by atoms with E-state index in [0.29, 0.717) is 17.0 Å². The van der Waals surface area contributed by atoms with Crippen LogP contribution in [0.15, 0.2) is 61.1 Å². The minimum atomic E-state index is -0.560. The molecule has 2 amide bonds. The second-order valence-corrected chi connectivity index (χ2v) is 7.02. The van der Waals surface area contributed by atoms with Gasteiger partial charge in [-0.05, 0) is 24.3 Å². The largest absolute Gasteiger partial charge is 0.494 e. The minimum Gasteiger partial charge on any atom is -0.494 e. The molecule has 2 aromatic heterocycles. The lowest BCUT2D eigenvalue weighted by Gasteiger charge is -2.18. The molecule has 168 valence electrons. The number of nitrogens with one attached hydrogen (secondary N) is 1. The van der Waals surface area contributed by atoms with Crippen molar-refractivity contribution < 1.29 is 23.5 Å². The first-order chi connectivity index (χ1) is 15.9. The van der Waals surface area contributed by atoms with Crippen LogP contribution in [-0.2, 0) is 4.74 Å². The highest BCUT2D eigenvalue weighted by Gasteiger charge is 2.18. The van der Waals surface area contributed by atoms with Gasteiger partial charge in [-0.25, -0.2) is 19.2 Å². The molecule has 4 aromatic rings. The topological polar surface area (TPSA) is 98.1 Å². The molecule has 0 saturated carbocycles. The highest BCUT2D eigenvalue weighted by molar-refractivity contribution is 6.04. The predicted molar refractivity (Wildman–Crippen MR) is 120 cm³/mol. The van der Waals surface area contributed by atoms with Crippen molar-refractivity contribution >= 4 is 29.0 Å². The number of hydrogen-bond acceptors (Lipinski definition) is 6. The van der Waals surface area contributed by atoms with Gasteiger partial charge in [-0.3, -0.25) is 14.5 Å². The number of nitrogens with zero attached hydrogens (tertiary/aromatic N) is 4. The van der Waals surface area contributed by atoms with Crippen molar-refractivity contribution in [2.24, 2.45) is 0 Å². The van der Waals surface area contributed by atoms with Gasteiger partial charge in [0.2, 0.25) is 0 Å². The summed E-state index contributed by atoms with van der Waals surface area (Å²) in [5, 5.41) is 2.59. The maximum atomic E-state index is 13.7. The number of fused-ring (bicyclic) bond motifs is 1. The number of carbonyl (C=O) groups is 2. The average Bonchev–Trinajstić information content (AvgIpc) is 3.27. The third kappa shape index (κ3) is 4.31. The number of anilines is 2. The molecule has 2 heterocycles. The van der Waals surface area contributed by atoms with Crippen LogP contribution in [0.1, 0.15) is 10.5 Å². The van der Waals surface area contributed by atoms with Crippen LogP contribution in [0.3, 0.4) is 0 Å². The molecular formula is C23H20FN5O4. The van der Waals surface area contributed by atoms with Gasteiger partial charge in [-0.15, -0.1) is 0 Å². The molecule has 2 aromatic carbocycles. The fourth-order valence-corrected chi connectivity index (χ4v) is 3.25. The molecule has 0 atom stereocenters. The third-order valence-corrected chi connectivity index (χ3v) is 5.05. The molecule has 0 aliphatic carbocycles. The lowest BCUT2D eigenvalue weighted by molar-refractivity contribution is 0.0987. The van der Waals surface area contributed by atoms with Crippen molar-refractivity contribution in [2.75, 3.05) is 31.5 Å². The van der Waals surface area contributed by atoms with Crippen molar-refractivity contribution in [2.45, 2.75) is 0 Å². The van der Waals surface area contributed by atoms with Crippen LogP contribution in [0.5, 0.6) is 5.75 Å². The molecule has 0 aliphatic heterocycles. The predicted octanol–water partition coefficient (Wildman–Crippen LogP) is 4.00. The molecule has 0 spiro atoms. The smallest absolute Gasteiger partial charge is 0.411 e. The Bertz CT molecular complexity index is 1340. The van der Waals surface area contributed by atoms with E-state index in [2.05, 4.69) is 20.0 Å². The molecule has 33 heavy (non-hydrogen) atoms. The molecule has 0 bridgehead atoms. The molecular weight excluding hydrogens is 429 g/mol. The maximum Gasteiger partial charge on any atom is 0.411 e. The first kappa shape index (κ1) is 21.8. The van der Waals surface area contributed by atoms with Gasteiger partial charge in [0.1, 0.15) is 5.69 Å². The number of halogens is 1. The summed E-state index contributed by atoms with van der Waals surface area (Å²) in [6.45, 7) is 0. The van der Waals surface area contributed by atoms with Crippen LogP contribution >= 0.6 is 0 Å². The minimum absolute atomic E-state index is 0.0394. The summed E-state index contributed by atoms with van der Waals surface area (Å²) in [7, 11) is 4.22. The lowest BCUT2D eigenvalue weighted by atomic mass is 10.1. The van der Waals surface area contributed by atoms with Gasteiger partial charge in [0.25, 0.3) is 5.91 Å².